The van der Waals surface area contributed by atoms with Crippen LogP contribution in [0, 0.1) is 6.92 Å². The Morgan fingerprint density at radius 3 is 2.50 bits per heavy atom. The predicted octanol–water partition coefficient (Wildman–Crippen LogP) is 1.79. The van der Waals surface area contributed by atoms with Crippen molar-refractivity contribution in [1.82, 2.24) is 4.72 Å². The molecule has 1 aliphatic heterocycles. The van der Waals surface area contributed by atoms with Crippen LogP contribution in [0.4, 0.5) is 0 Å². The number of methoxy groups -OCH3 is 2. The largest absolute Gasteiger partial charge is 0.493 e. The van der Waals surface area contributed by atoms with Gasteiger partial charge in [0, 0.05) is 5.56 Å². The number of ether oxygens (including phenoxy) is 3. The van der Waals surface area contributed by atoms with E-state index in [1.165, 1.54) is 13.2 Å². The summed E-state index contributed by atoms with van der Waals surface area (Å²) in [6.07, 6.45) is 0. The lowest BCUT2D eigenvalue weighted by molar-refractivity contribution is -0.143. The van der Waals surface area contributed by atoms with Gasteiger partial charge < -0.3 is 14.2 Å². The summed E-state index contributed by atoms with van der Waals surface area (Å²) in [7, 11) is -0.562. The zero-order valence-electron chi connectivity index (χ0n) is 15.7. The lowest BCUT2D eigenvalue weighted by Crippen LogP contribution is -2.23. The van der Waals surface area contributed by atoms with Gasteiger partial charge in [-0.3, -0.25) is 14.5 Å². The van der Waals surface area contributed by atoms with Crippen LogP contribution in [0.15, 0.2) is 46.3 Å². The molecule has 0 atom stereocenters. The first-order valence-corrected chi connectivity index (χ1v) is 9.88. The van der Waals surface area contributed by atoms with Gasteiger partial charge in [0.1, 0.15) is 19.0 Å². The van der Waals surface area contributed by atoms with Crippen molar-refractivity contribution in [2.45, 2.75) is 18.4 Å². The second kappa shape index (κ2) is 7.89. The third kappa shape index (κ3) is 3.94. The van der Waals surface area contributed by atoms with Gasteiger partial charge in [-0.1, -0.05) is 12.1 Å². The van der Waals surface area contributed by atoms with Crippen LogP contribution in [0.1, 0.15) is 16.7 Å². The molecule has 0 fully saturated rings. The third-order valence-electron chi connectivity index (χ3n) is 4.26. The zero-order chi connectivity index (χ0) is 20.3. The SMILES string of the molecule is COc1cc(C)c(COC(=O)CN=C2NS(=O)(=O)c3ccccc32)cc1OC. The Morgan fingerprint density at radius 1 is 1.11 bits per heavy atom. The highest BCUT2D eigenvalue weighted by Crippen LogP contribution is 2.30. The van der Waals surface area contributed by atoms with Crippen molar-refractivity contribution in [3.05, 3.63) is 53.1 Å². The average molecular weight is 404 g/mol. The van der Waals surface area contributed by atoms with E-state index in [1.54, 1.807) is 37.4 Å². The van der Waals surface area contributed by atoms with E-state index in [1.807, 2.05) is 6.92 Å². The average Bonchev–Trinajstić information content (AvgIpc) is 2.95. The van der Waals surface area contributed by atoms with Crippen LogP contribution in [-0.2, 0) is 26.2 Å². The van der Waals surface area contributed by atoms with Gasteiger partial charge in [-0.15, -0.1) is 0 Å². The van der Waals surface area contributed by atoms with E-state index in [2.05, 4.69) is 9.71 Å². The quantitative estimate of drug-likeness (QED) is 0.737. The van der Waals surface area contributed by atoms with Crippen LogP contribution in [-0.4, -0.2) is 41.0 Å². The summed E-state index contributed by atoms with van der Waals surface area (Å²) in [6.45, 7) is 1.60. The molecule has 3 rings (SSSR count). The summed E-state index contributed by atoms with van der Waals surface area (Å²) < 4.78 is 42.2. The molecule has 0 spiro atoms. The van der Waals surface area contributed by atoms with Crippen molar-refractivity contribution in [1.29, 1.82) is 0 Å². The molecule has 0 saturated carbocycles. The molecule has 2 aromatic carbocycles. The van der Waals surface area contributed by atoms with Crippen LogP contribution in [0.5, 0.6) is 11.5 Å². The number of hydrogen-bond acceptors (Lipinski definition) is 7. The number of sulfonamides is 1. The van der Waals surface area contributed by atoms with Gasteiger partial charge in [-0.05, 0) is 42.3 Å². The summed E-state index contributed by atoms with van der Waals surface area (Å²) in [6, 6.07) is 9.99. The molecule has 1 aliphatic rings. The minimum Gasteiger partial charge on any atom is -0.493 e. The smallest absolute Gasteiger partial charge is 0.328 e. The minimum absolute atomic E-state index is 0.0399. The van der Waals surface area contributed by atoms with Crippen molar-refractivity contribution in [3.63, 3.8) is 0 Å². The first-order chi connectivity index (χ1) is 13.4. The van der Waals surface area contributed by atoms with Gasteiger partial charge in [0.15, 0.2) is 11.5 Å². The van der Waals surface area contributed by atoms with Crippen molar-refractivity contribution < 1.29 is 27.4 Å². The number of esters is 1. The normalized spacial score (nSPS) is 15.6. The number of carbonyl (C=O) groups is 1. The summed E-state index contributed by atoms with van der Waals surface area (Å²) >= 11 is 0. The Bertz CT molecular complexity index is 1050. The van der Waals surface area contributed by atoms with Crippen molar-refractivity contribution >= 4 is 21.8 Å². The summed E-state index contributed by atoms with van der Waals surface area (Å²) in [5.41, 5.74) is 2.09. The molecule has 0 unspecified atom stereocenters. The molecule has 0 saturated heterocycles. The van der Waals surface area contributed by atoms with E-state index < -0.39 is 16.0 Å². The van der Waals surface area contributed by atoms with E-state index in [0.29, 0.717) is 17.1 Å². The molecule has 9 heteroatoms. The lowest BCUT2D eigenvalue weighted by atomic mass is 10.1. The lowest BCUT2D eigenvalue weighted by Gasteiger charge is -2.12. The zero-order valence-corrected chi connectivity index (χ0v) is 16.5. The van der Waals surface area contributed by atoms with Gasteiger partial charge in [0.25, 0.3) is 10.0 Å². The number of nitrogens with zero attached hydrogens (tertiary/aromatic N) is 1. The minimum atomic E-state index is -3.64. The molecule has 28 heavy (non-hydrogen) atoms. The van der Waals surface area contributed by atoms with E-state index in [-0.39, 0.29) is 23.9 Å². The number of fused-ring (bicyclic) bond motifs is 1. The Labute approximate surface area is 163 Å². The molecule has 148 valence electrons. The van der Waals surface area contributed by atoms with E-state index >= 15 is 0 Å². The number of carbonyl (C=O) groups excluding carboxylic acids is 1. The molecular weight excluding hydrogens is 384 g/mol. The Kier molecular flexibility index (Phi) is 5.55. The fourth-order valence-electron chi connectivity index (χ4n) is 2.78. The number of nitrogens with one attached hydrogen (secondary N) is 1. The molecule has 8 nitrogen and oxygen atoms in total. The van der Waals surface area contributed by atoms with Crippen LogP contribution >= 0.6 is 0 Å². The molecular formula is C19H20N2O6S. The van der Waals surface area contributed by atoms with E-state index in [0.717, 1.165) is 11.1 Å². The van der Waals surface area contributed by atoms with Crippen molar-refractivity contribution in [2.24, 2.45) is 4.99 Å². The van der Waals surface area contributed by atoms with Crippen molar-refractivity contribution in [2.75, 3.05) is 20.8 Å². The van der Waals surface area contributed by atoms with Crippen LogP contribution in [0.25, 0.3) is 0 Å². The van der Waals surface area contributed by atoms with Crippen LogP contribution in [0.3, 0.4) is 0 Å². The fraction of sp³-hybridized carbons (Fsp3) is 0.263. The summed E-state index contributed by atoms with van der Waals surface area (Å²) in [5.74, 6) is 0.685. The topological polar surface area (TPSA) is 103 Å². The maximum absolute atomic E-state index is 12.1. The van der Waals surface area contributed by atoms with Gasteiger partial charge >= 0.3 is 5.97 Å². The Balaban J connectivity index is 1.67. The number of hydrogen-bond donors (Lipinski definition) is 1. The summed E-state index contributed by atoms with van der Waals surface area (Å²) in [4.78, 5) is 16.3. The van der Waals surface area contributed by atoms with E-state index in [9.17, 15) is 13.2 Å². The Hall–Kier alpha value is -3.07. The number of aryl methyl sites for hydroxylation is 1. The molecule has 0 radical (unpaired) electrons. The third-order valence-corrected chi connectivity index (χ3v) is 5.66. The monoisotopic (exact) mass is 404 g/mol. The molecule has 2 aromatic rings. The van der Waals surface area contributed by atoms with Gasteiger partial charge in [-0.25, -0.2) is 8.42 Å². The van der Waals surface area contributed by atoms with Crippen LogP contribution < -0.4 is 14.2 Å². The van der Waals surface area contributed by atoms with Crippen molar-refractivity contribution in [3.8, 4) is 11.5 Å². The molecule has 0 aromatic heterocycles. The highest BCUT2D eigenvalue weighted by molar-refractivity contribution is 7.90. The first-order valence-electron chi connectivity index (χ1n) is 8.39. The number of amidine groups is 1. The summed E-state index contributed by atoms with van der Waals surface area (Å²) in [5, 5.41) is 0. The highest BCUT2D eigenvalue weighted by Gasteiger charge is 2.30. The highest BCUT2D eigenvalue weighted by atomic mass is 32.2. The van der Waals surface area contributed by atoms with Gasteiger partial charge in [0.05, 0.1) is 19.1 Å². The van der Waals surface area contributed by atoms with E-state index in [4.69, 9.17) is 14.2 Å². The second-order valence-electron chi connectivity index (χ2n) is 6.06. The first kappa shape index (κ1) is 19.7. The van der Waals surface area contributed by atoms with Gasteiger partial charge in [0.2, 0.25) is 0 Å². The molecule has 1 N–H and O–H groups in total. The predicted molar refractivity (Wildman–Crippen MR) is 102 cm³/mol. The Morgan fingerprint density at radius 2 is 1.79 bits per heavy atom. The van der Waals surface area contributed by atoms with Gasteiger partial charge in [-0.2, -0.15) is 0 Å². The number of aliphatic imine (C=N–C) groups is 1. The number of rotatable bonds is 6. The maximum Gasteiger partial charge on any atom is 0.328 e. The standard InChI is InChI=1S/C19H20N2O6S/c1-12-8-15(25-2)16(26-3)9-13(12)11-27-18(22)10-20-19-14-6-4-5-7-17(14)28(23,24)21-19/h4-9H,10-11H2,1-3H3,(H,20,21). The fourth-order valence-corrected chi connectivity index (χ4v) is 4.03. The maximum atomic E-state index is 12.1. The second-order valence-corrected chi connectivity index (χ2v) is 7.71. The molecule has 0 bridgehead atoms. The molecule has 1 heterocycles. The number of benzene rings is 2. The van der Waals surface area contributed by atoms with Crippen LogP contribution in [0.2, 0.25) is 0 Å². The molecule has 0 aliphatic carbocycles. The molecule has 0 amide bonds.